The predicted octanol–water partition coefficient (Wildman–Crippen LogP) is 1.89. The lowest BCUT2D eigenvalue weighted by Gasteiger charge is -2.26. The third-order valence-corrected chi connectivity index (χ3v) is 3.09. The predicted molar refractivity (Wildman–Crippen MR) is 65.3 cm³/mol. The fraction of sp³-hybridized carbons (Fsp3) is 0.538. The number of rotatable bonds is 6. The highest BCUT2D eigenvalue weighted by atomic mass is 16.3. The molecule has 1 rings (SSSR count). The standard InChI is InChI=1S/C13H21NO2/c1-3-13(2,10-15)9-14-8-11-6-4-5-7-12(11)16/h4-7,14-16H,3,8-10H2,1-2H3. The monoisotopic (exact) mass is 223 g/mol. The van der Waals surface area contributed by atoms with E-state index in [1.165, 1.54) is 0 Å². The Morgan fingerprint density at radius 2 is 2.00 bits per heavy atom. The highest BCUT2D eigenvalue weighted by Crippen LogP contribution is 2.19. The van der Waals surface area contributed by atoms with E-state index in [1.807, 2.05) is 25.1 Å². The molecule has 0 radical (unpaired) electrons. The minimum absolute atomic E-state index is 0.0790. The average molecular weight is 223 g/mol. The summed E-state index contributed by atoms with van der Waals surface area (Å²) in [6.07, 6.45) is 0.928. The van der Waals surface area contributed by atoms with E-state index in [1.54, 1.807) is 6.07 Å². The van der Waals surface area contributed by atoms with Crippen molar-refractivity contribution in [3.63, 3.8) is 0 Å². The number of nitrogens with one attached hydrogen (secondary N) is 1. The van der Waals surface area contributed by atoms with E-state index in [4.69, 9.17) is 0 Å². The third kappa shape index (κ3) is 3.51. The Balaban J connectivity index is 2.44. The van der Waals surface area contributed by atoms with Crippen molar-refractivity contribution in [2.24, 2.45) is 5.41 Å². The van der Waals surface area contributed by atoms with Crippen LogP contribution in [-0.2, 0) is 6.54 Å². The van der Waals surface area contributed by atoms with Gasteiger partial charge in [-0.2, -0.15) is 0 Å². The number of benzene rings is 1. The molecule has 0 aromatic heterocycles. The second kappa shape index (κ2) is 5.87. The van der Waals surface area contributed by atoms with Crippen molar-refractivity contribution < 1.29 is 10.2 Å². The average Bonchev–Trinajstić information content (AvgIpc) is 2.31. The first-order chi connectivity index (χ1) is 7.61. The van der Waals surface area contributed by atoms with Crippen LogP contribution in [0.15, 0.2) is 24.3 Å². The van der Waals surface area contributed by atoms with Crippen LogP contribution < -0.4 is 5.32 Å². The molecule has 0 heterocycles. The van der Waals surface area contributed by atoms with Gasteiger partial charge in [0.2, 0.25) is 0 Å². The summed E-state index contributed by atoms with van der Waals surface area (Å²) in [6.45, 7) is 5.66. The van der Waals surface area contributed by atoms with Gasteiger partial charge in [0.15, 0.2) is 0 Å². The third-order valence-electron chi connectivity index (χ3n) is 3.09. The molecule has 0 spiro atoms. The van der Waals surface area contributed by atoms with Crippen molar-refractivity contribution in [2.45, 2.75) is 26.8 Å². The Kier molecular flexibility index (Phi) is 4.77. The summed E-state index contributed by atoms with van der Waals surface area (Å²) in [5.41, 5.74) is 0.809. The Hall–Kier alpha value is -1.06. The molecule has 3 N–H and O–H groups in total. The lowest BCUT2D eigenvalue weighted by molar-refractivity contribution is 0.135. The number of hydrogen-bond acceptors (Lipinski definition) is 3. The van der Waals surface area contributed by atoms with Crippen LogP contribution in [0.25, 0.3) is 0 Å². The van der Waals surface area contributed by atoms with E-state index in [0.717, 1.165) is 18.5 Å². The summed E-state index contributed by atoms with van der Waals surface area (Å²) in [6, 6.07) is 7.29. The molecule has 16 heavy (non-hydrogen) atoms. The molecule has 0 saturated carbocycles. The number of phenols is 1. The van der Waals surface area contributed by atoms with Gasteiger partial charge >= 0.3 is 0 Å². The molecular weight excluding hydrogens is 202 g/mol. The Labute approximate surface area is 97.1 Å². The minimum Gasteiger partial charge on any atom is -0.508 e. The molecule has 0 fully saturated rings. The quantitative estimate of drug-likeness (QED) is 0.690. The number of aliphatic hydroxyl groups is 1. The van der Waals surface area contributed by atoms with Gasteiger partial charge in [-0.15, -0.1) is 0 Å². The van der Waals surface area contributed by atoms with Crippen LogP contribution in [0.4, 0.5) is 0 Å². The fourth-order valence-corrected chi connectivity index (χ4v) is 1.45. The Morgan fingerprint density at radius 1 is 1.31 bits per heavy atom. The van der Waals surface area contributed by atoms with Crippen molar-refractivity contribution >= 4 is 0 Å². The lowest BCUT2D eigenvalue weighted by Crippen LogP contribution is -2.34. The van der Waals surface area contributed by atoms with Crippen LogP contribution in [0.2, 0.25) is 0 Å². The number of aliphatic hydroxyl groups excluding tert-OH is 1. The molecule has 0 saturated heterocycles. The van der Waals surface area contributed by atoms with E-state index in [9.17, 15) is 10.2 Å². The van der Waals surface area contributed by atoms with Crippen LogP contribution in [0, 0.1) is 5.41 Å². The van der Waals surface area contributed by atoms with E-state index >= 15 is 0 Å². The molecule has 0 aliphatic rings. The first-order valence-corrected chi connectivity index (χ1v) is 5.70. The topological polar surface area (TPSA) is 52.5 Å². The Morgan fingerprint density at radius 3 is 2.56 bits per heavy atom. The zero-order chi connectivity index (χ0) is 12.0. The molecule has 0 aliphatic heterocycles. The van der Waals surface area contributed by atoms with E-state index in [2.05, 4.69) is 12.2 Å². The lowest BCUT2D eigenvalue weighted by atomic mass is 9.88. The summed E-state index contributed by atoms with van der Waals surface area (Å²) in [4.78, 5) is 0. The number of aromatic hydroxyl groups is 1. The van der Waals surface area contributed by atoms with E-state index in [-0.39, 0.29) is 12.0 Å². The number of para-hydroxylation sites is 1. The second-order valence-corrected chi connectivity index (χ2v) is 4.55. The minimum atomic E-state index is -0.0790. The van der Waals surface area contributed by atoms with Gasteiger partial charge in [0, 0.05) is 30.7 Å². The smallest absolute Gasteiger partial charge is 0.120 e. The van der Waals surface area contributed by atoms with Gasteiger partial charge in [-0.3, -0.25) is 0 Å². The van der Waals surface area contributed by atoms with Crippen molar-refractivity contribution in [3.8, 4) is 5.75 Å². The van der Waals surface area contributed by atoms with Gasteiger partial charge < -0.3 is 15.5 Å². The van der Waals surface area contributed by atoms with E-state index in [0.29, 0.717) is 12.3 Å². The second-order valence-electron chi connectivity index (χ2n) is 4.55. The molecular formula is C13H21NO2. The van der Waals surface area contributed by atoms with Crippen LogP contribution >= 0.6 is 0 Å². The van der Waals surface area contributed by atoms with Gasteiger partial charge in [-0.1, -0.05) is 32.0 Å². The van der Waals surface area contributed by atoms with Gasteiger partial charge in [0.25, 0.3) is 0 Å². The van der Waals surface area contributed by atoms with Crippen molar-refractivity contribution in [1.29, 1.82) is 0 Å². The fourth-order valence-electron chi connectivity index (χ4n) is 1.45. The van der Waals surface area contributed by atoms with Gasteiger partial charge in [0.1, 0.15) is 5.75 Å². The molecule has 3 heteroatoms. The van der Waals surface area contributed by atoms with Gasteiger partial charge in [-0.05, 0) is 12.5 Å². The molecule has 0 amide bonds. The van der Waals surface area contributed by atoms with Crippen LogP contribution in [-0.4, -0.2) is 23.4 Å². The highest BCUT2D eigenvalue weighted by Gasteiger charge is 2.20. The van der Waals surface area contributed by atoms with Crippen LogP contribution in [0.1, 0.15) is 25.8 Å². The molecule has 1 atom stereocenters. The molecule has 3 nitrogen and oxygen atoms in total. The zero-order valence-corrected chi connectivity index (χ0v) is 10.0. The summed E-state index contributed by atoms with van der Waals surface area (Å²) >= 11 is 0. The summed E-state index contributed by atoms with van der Waals surface area (Å²) < 4.78 is 0. The molecule has 0 bridgehead atoms. The molecule has 90 valence electrons. The maximum Gasteiger partial charge on any atom is 0.120 e. The molecule has 0 aliphatic carbocycles. The summed E-state index contributed by atoms with van der Waals surface area (Å²) in [5.74, 6) is 0.317. The van der Waals surface area contributed by atoms with Gasteiger partial charge in [-0.25, -0.2) is 0 Å². The largest absolute Gasteiger partial charge is 0.508 e. The van der Waals surface area contributed by atoms with Gasteiger partial charge in [0.05, 0.1) is 0 Å². The van der Waals surface area contributed by atoms with Crippen LogP contribution in [0.3, 0.4) is 0 Å². The number of hydrogen-bond donors (Lipinski definition) is 3. The van der Waals surface area contributed by atoms with Crippen molar-refractivity contribution in [1.82, 2.24) is 5.32 Å². The first-order valence-electron chi connectivity index (χ1n) is 5.70. The maximum absolute atomic E-state index is 9.56. The van der Waals surface area contributed by atoms with Crippen molar-refractivity contribution in [3.05, 3.63) is 29.8 Å². The normalized spacial score (nSPS) is 14.7. The molecule has 1 aromatic carbocycles. The molecule has 1 aromatic rings. The molecule has 1 unspecified atom stereocenters. The SMILES string of the molecule is CCC(C)(CO)CNCc1ccccc1O. The van der Waals surface area contributed by atoms with Crippen molar-refractivity contribution in [2.75, 3.05) is 13.2 Å². The van der Waals surface area contributed by atoms with E-state index < -0.39 is 0 Å². The highest BCUT2D eigenvalue weighted by molar-refractivity contribution is 5.31. The summed E-state index contributed by atoms with van der Waals surface area (Å²) in [7, 11) is 0. The van der Waals surface area contributed by atoms with Crippen LogP contribution in [0.5, 0.6) is 5.75 Å². The maximum atomic E-state index is 9.56. The first kappa shape index (κ1) is 13.0. The number of phenolic OH excluding ortho intramolecular Hbond substituents is 1. The zero-order valence-electron chi connectivity index (χ0n) is 10.0. The summed E-state index contributed by atoms with van der Waals surface area (Å²) in [5, 5.41) is 22.1. The Bertz CT molecular complexity index is 321.